The van der Waals surface area contributed by atoms with Gasteiger partial charge in [-0.15, -0.1) is 0 Å². The number of aromatic nitrogens is 1. The Balaban J connectivity index is 1.48. The smallest absolute Gasteiger partial charge is 0.323 e. The van der Waals surface area contributed by atoms with Gasteiger partial charge in [0.1, 0.15) is 11.9 Å². The largest absolute Gasteiger partial charge is 0.456 e. The number of nitrogens with zero attached hydrogens (tertiary/aromatic N) is 3. The highest BCUT2D eigenvalue weighted by molar-refractivity contribution is 5.75. The van der Waals surface area contributed by atoms with Crippen LogP contribution in [0.15, 0.2) is 34.9 Å². The Morgan fingerprint density at radius 2 is 1.96 bits per heavy atom. The van der Waals surface area contributed by atoms with Crippen LogP contribution in [0.1, 0.15) is 18.4 Å². The zero-order chi connectivity index (χ0) is 17.8. The van der Waals surface area contributed by atoms with Crippen molar-refractivity contribution >= 4 is 11.7 Å². The van der Waals surface area contributed by atoms with Crippen LogP contribution in [0.2, 0.25) is 0 Å². The third-order valence-electron chi connectivity index (χ3n) is 4.43. The van der Waals surface area contributed by atoms with Gasteiger partial charge in [0.15, 0.2) is 12.4 Å². The second-order valence-corrected chi connectivity index (χ2v) is 6.22. The lowest BCUT2D eigenvalue weighted by Gasteiger charge is -2.38. The molecule has 1 aromatic heterocycles. The van der Waals surface area contributed by atoms with Crippen LogP contribution < -0.4 is 4.90 Å². The van der Waals surface area contributed by atoms with E-state index in [1.54, 1.807) is 18.2 Å². The fraction of sp³-hybridized carbons (Fsp3) is 0.444. The monoisotopic (exact) mass is 347 g/mol. The van der Waals surface area contributed by atoms with Gasteiger partial charge in [-0.1, -0.05) is 5.16 Å². The Morgan fingerprint density at radius 1 is 1.28 bits per heavy atom. The maximum absolute atomic E-state index is 13.0. The topological polar surface area (TPSA) is 58.8 Å². The molecule has 0 N–H and O–H groups in total. The van der Waals surface area contributed by atoms with E-state index in [0.717, 1.165) is 37.6 Å². The minimum Gasteiger partial charge on any atom is -0.456 e. The molecule has 1 fully saturated rings. The number of piperazine rings is 1. The second kappa shape index (κ2) is 7.65. The Hall–Kier alpha value is -2.41. The summed E-state index contributed by atoms with van der Waals surface area (Å²) < 4.78 is 23.4. The van der Waals surface area contributed by atoms with Crippen molar-refractivity contribution in [2.45, 2.75) is 26.5 Å². The third-order valence-corrected chi connectivity index (χ3v) is 4.43. The lowest BCUT2D eigenvalue weighted by Crippen LogP contribution is -2.52. The summed E-state index contributed by atoms with van der Waals surface area (Å²) >= 11 is 0. The summed E-state index contributed by atoms with van der Waals surface area (Å²) in [5.41, 5.74) is 1.76. The lowest BCUT2D eigenvalue weighted by atomic mass is 10.2. The van der Waals surface area contributed by atoms with Crippen molar-refractivity contribution in [2.75, 3.05) is 31.1 Å². The molecule has 1 unspecified atom stereocenters. The first-order chi connectivity index (χ1) is 12.0. The van der Waals surface area contributed by atoms with Gasteiger partial charge in [0.25, 0.3) is 0 Å². The average molecular weight is 347 g/mol. The van der Waals surface area contributed by atoms with Crippen molar-refractivity contribution < 1.29 is 18.4 Å². The van der Waals surface area contributed by atoms with Gasteiger partial charge in [-0.25, -0.2) is 4.39 Å². The van der Waals surface area contributed by atoms with Crippen molar-refractivity contribution in [3.8, 4) is 0 Å². The first-order valence-electron chi connectivity index (χ1n) is 8.36. The Labute approximate surface area is 146 Å². The number of esters is 1. The maximum Gasteiger partial charge on any atom is 0.323 e. The van der Waals surface area contributed by atoms with E-state index in [-0.39, 0.29) is 24.4 Å². The molecule has 1 aliphatic heterocycles. The summed E-state index contributed by atoms with van der Waals surface area (Å²) in [6.45, 7) is 6.82. The fourth-order valence-corrected chi connectivity index (χ4v) is 2.92. The van der Waals surface area contributed by atoms with Crippen LogP contribution in [0.25, 0.3) is 0 Å². The van der Waals surface area contributed by atoms with Gasteiger partial charge in [0.05, 0.1) is 5.69 Å². The Bertz CT molecular complexity index is 709. The van der Waals surface area contributed by atoms with E-state index in [0.29, 0.717) is 5.76 Å². The normalized spacial score (nSPS) is 16.7. The standard InChI is InChI=1S/C18H22FN3O3/c1-13-11-17(25-20-13)12-24-18(23)14(2)21-7-9-22(10-8-21)16-5-3-15(19)4-6-16/h3-6,11,14H,7-10,12H2,1-2H3. The molecule has 0 radical (unpaired) electrons. The van der Waals surface area contributed by atoms with Gasteiger partial charge in [0.2, 0.25) is 0 Å². The molecule has 25 heavy (non-hydrogen) atoms. The van der Waals surface area contributed by atoms with Crippen LogP contribution in [0.3, 0.4) is 0 Å². The first-order valence-corrected chi connectivity index (χ1v) is 8.36. The van der Waals surface area contributed by atoms with Crippen LogP contribution in [-0.4, -0.2) is 48.2 Å². The van der Waals surface area contributed by atoms with Crippen molar-refractivity contribution in [3.63, 3.8) is 0 Å². The molecule has 0 bridgehead atoms. The summed E-state index contributed by atoms with van der Waals surface area (Å²) in [6.07, 6.45) is 0. The van der Waals surface area contributed by atoms with Crippen LogP contribution >= 0.6 is 0 Å². The number of benzene rings is 1. The third kappa shape index (κ3) is 4.36. The SMILES string of the molecule is Cc1cc(COC(=O)C(C)N2CCN(c3ccc(F)cc3)CC2)on1. The predicted octanol–water partition coefficient (Wildman–Crippen LogP) is 2.38. The van der Waals surface area contributed by atoms with Crippen molar-refractivity contribution in [3.05, 3.63) is 47.6 Å². The Morgan fingerprint density at radius 3 is 2.56 bits per heavy atom. The number of halogens is 1. The fourth-order valence-electron chi connectivity index (χ4n) is 2.92. The van der Waals surface area contributed by atoms with Gasteiger partial charge in [-0.05, 0) is 38.1 Å². The van der Waals surface area contributed by atoms with Gasteiger partial charge in [-0.2, -0.15) is 0 Å². The van der Waals surface area contributed by atoms with Crippen molar-refractivity contribution in [2.24, 2.45) is 0 Å². The van der Waals surface area contributed by atoms with E-state index in [1.165, 1.54) is 12.1 Å². The van der Waals surface area contributed by atoms with Crippen LogP contribution in [-0.2, 0) is 16.1 Å². The molecule has 1 atom stereocenters. The van der Waals surface area contributed by atoms with E-state index in [4.69, 9.17) is 9.26 Å². The molecule has 3 rings (SSSR count). The van der Waals surface area contributed by atoms with Gasteiger partial charge >= 0.3 is 5.97 Å². The highest BCUT2D eigenvalue weighted by Gasteiger charge is 2.27. The number of hydrogen-bond donors (Lipinski definition) is 0. The molecular formula is C18H22FN3O3. The maximum atomic E-state index is 13.0. The van der Waals surface area contributed by atoms with Gasteiger partial charge < -0.3 is 14.2 Å². The molecule has 2 aromatic rings. The zero-order valence-corrected chi connectivity index (χ0v) is 14.4. The molecule has 0 aliphatic carbocycles. The van der Waals surface area contributed by atoms with Crippen LogP contribution in [0.4, 0.5) is 10.1 Å². The second-order valence-electron chi connectivity index (χ2n) is 6.22. The van der Waals surface area contributed by atoms with E-state index in [1.807, 2.05) is 13.8 Å². The highest BCUT2D eigenvalue weighted by atomic mass is 19.1. The molecule has 0 saturated carbocycles. The number of rotatable bonds is 5. The zero-order valence-electron chi connectivity index (χ0n) is 14.4. The molecule has 6 nitrogen and oxygen atoms in total. The molecule has 1 aliphatic rings. The quantitative estimate of drug-likeness (QED) is 0.774. The number of aryl methyl sites for hydroxylation is 1. The Kier molecular flexibility index (Phi) is 5.33. The molecule has 1 saturated heterocycles. The van der Waals surface area contributed by atoms with Gasteiger partial charge in [0, 0.05) is 37.9 Å². The molecule has 7 heteroatoms. The predicted molar refractivity (Wildman–Crippen MR) is 90.7 cm³/mol. The van der Waals surface area contributed by atoms with Crippen molar-refractivity contribution in [1.82, 2.24) is 10.1 Å². The van der Waals surface area contributed by atoms with Gasteiger partial charge in [-0.3, -0.25) is 9.69 Å². The minimum atomic E-state index is -0.320. The number of carbonyl (C=O) groups is 1. The first kappa shape index (κ1) is 17.4. The summed E-state index contributed by atoms with van der Waals surface area (Å²) in [7, 11) is 0. The summed E-state index contributed by atoms with van der Waals surface area (Å²) in [6, 6.07) is 7.92. The number of ether oxygens (including phenoxy) is 1. The molecule has 1 aromatic carbocycles. The van der Waals surface area contributed by atoms with E-state index < -0.39 is 0 Å². The minimum absolute atomic E-state index is 0.0968. The van der Waals surface area contributed by atoms with Crippen LogP contribution in [0.5, 0.6) is 0 Å². The lowest BCUT2D eigenvalue weighted by molar-refractivity contribution is -0.151. The van der Waals surface area contributed by atoms with Crippen LogP contribution in [0, 0.1) is 12.7 Å². The molecule has 2 heterocycles. The van der Waals surface area contributed by atoms with E-state index >= 15 is 0 Å². The van der Waals surface area contributed by atoms with E-state index in [9.17, 15) is 9.18 Å². The van der Waals surface area contributed by atoms with Crippen molar-refractivity contribution in [1.29, 1.82) is 0 Å². The molecular weight excluding hydrogens is 325 g/mol. The molecule has 0 spiro atoms. The highest BCUT2D eigenvalue weighted by Crippen LogP contribution is 2.18. The number of anilines is 1. The number of hydrogen-bond acceptors (Lipinski definition) is 6. The molecule has 134 valence electrons. The average Bonchev–Trinajstić information content (AvgIpc) is 3.05. The molecule has 0 amide bonds. The summed E-state index contributed by atoms with van der Waals surface area (Å²) in [5.74, 6) is 0.0316. The number of carbonyl (C=O) groups excluding carboxylic acids is 1. The van der Waals surface area contributed by atoms with E-state index in [2.05, 4.69) is 15.0 Å². The summed E-state index contributed by atoms with van der Waals surface area (Å²) in [5, 5.41) is 3.77. The summed E-state index contributed by atoms with van der Waals surface area (Å²) in [4.78, 5) is 16.5.